The molecule has 0 aliphatic heterocycles. The van der Waals surface area contributed by atoms with Crippen molar-refractivity contribution in [1.29, 1.82) is 0 Å². The summed E-state index contributed by atoms with van der Waals surface area (Å²) >= 11 is 0. The van der Waals surface area contributed by atoms with Crippen LogP contribution in [0.2, 0.25) is 0 Å². The molecule has 1 aliphatic carbocycles. The van der Waals surface area contributed by atoms with Gasteiger partial charge in [-0.25, -0.2) is 4.79 Å². The van der Waals surface area contributed by atoms with Gasteiger partial charge in [0.1, 0.15) is 30.0 Å². The van der Waals surface area contributed by atoms with Crippen molar-refractivity contribution in [3.63, 3.8) is 0 Å². The zero-order valence-electron chi connectivity index (χ0n) is 24.7. The lowest BCUT2D eigenvalue weighted by Crippen LogP contribution is -2.58. The zero-order valence-corrected chi connectivity index (χ0v) is 24.7. The number of esters is 1. The number of carbonyl (C=O) groups excluding carboxylic acids is 4. The number of phenols is 1. The molecule has 10 nitrogen and oxygen atoms in total. The molecule has 2 unspecified atom stereocenters. The third kappa shape index (κ3) is 8.96. The zero-order chi connectivity index (χ0) is 30.3. The van der Waals surface area contributed by atoms with Gasteiger partial charge in [-0.05, 0) is 77.1 Å². The first kappa shape index (κ1) is 31.4. The van der Waals surface area contributed by atoms with Gasteiger partial charge >= 0.3 is 12.1 Å². The molecule has 222 valence electrons. The first-order valence-corrected chi connectivity index (χ1v) is 13.8. The maximum absolute atomic E-state index is 14.5. The summed E-state index contributed by atoms with van der Waals surface area (Å²) in [5, 5.41) is 15.1. The Morgan fingerprint density at radius 3 is 2.15 bits per heavy atom. The third-order valence-corrected chi connectivity index (χ3v) is 6.81. The molecule has 2 aromatic carbocycles. The molecule has 0 bridgehead atoms. The third-order valence-electron chi connectivity index (χ3n) is 6.81. The molecule has 3 rings (SSSR count). The maximum Gasteiger partial charge on any atom is 0.408 e. The predicted octanol–water partition coefficient (Wildman–Crippen LogP) is 3.86. The summed E-state index contributed by atoms with van der Waals surface area (Å²) in [5.41, 5.74) is 2.34. The Bertz CT molecular complexity index is 1230. The van der Waals surface area contributed by atoms with Crippen LogP contribution in [0.5, 0.6) is 5.75 Å². The summed E-state index contributed by atoms with van der Waals surface area (Å²) in [6.45, 7) is 8.65. The van der Waals surface area contributed by atoms with E-state index in [0.717, 1.165) is 17.5 Å². The number of benzene rings is 2. The van der Waals surface area contributed by atoms with Crippen LogP contribution in [-0.4, -0.2) is 65.2 Å². The van der Waals surface area contributed by atoms with Crippen molar-refractivity contribution in [2.75, 3.05) is 13.7 Å². The highest BCUT2D eigenvalue weighted by atomic mass is 16.6. The van der Waals surface area contributed by atoms with Gasteiger partial charge in [0.25, 0.3) is 0 Å². The smallest absolute Gasteiger partial charge is 0.408 e. The number of hydrogen-bond donors (Lipinski definition) is 3. The summed E-state index contributed by atoms with van der Waals surface area (Å²) < 4.78 is 10.2. The second-order valence-electron chi connectivity index (χ2n) is 11.5. The minimum atomic E-state index is -1.07. The number of phenolic OH excluding ortho intramolecular Hbond substituents is 1. The van der Waals surface area contributed by atoms with Crippen LogP contribution >= 0.6 is 0 Å². The normalized spacial score (nSPS) is 14.7. The van der Waals surface area contributed by atoms with E-state index >= 15 is 0 Å². The molecule has 2 atom stereocenters. The molecular weight excluding hydrogens is 526 g/mol. The maximum atomic E-state index is 14.5. The quantitative estimate of drug-likeness (QED) is 0.371. The fourth-order valence-corrected chi connectivity index (χ4v) is 4.81. The van der Waals surface area contributed by atoms with E-state index in [4.69, 9.17) is 9.47 Å². The van der Waals surface area contributed by atoms with Crippen molar-refractivity contribution in [2.45, 2.75) is 84.0 Å². The Morgan fingerprint density at radius 1 is 1.02 bits per heavy atom. The molecule has 0 radical (unpaired) electrons. The second kappa shape index (κ2) is 13.5. The fourth-order valence-electron chi connectivity index (χ4n) is 4.81. The van der Waals surface area contributed by atoms with Gasteiger partial charge in [0.15, 0.2) is 0 Å². The van der Waals surface area contributed by atoms with Gasteiger partial charge in [0.05, 0.1) is 7.11 Å². The van der Waals surface area contributed by atoms with E-state index in [9.17, 15) is 24.3 Å². The van der Waals surface area contributed by atoms with E-state index in [0.29, 0.717) is 24.0 Å². The summed E-state index contributed by atoms with van der Waals surface area (Å²) in [6, 6.07) is 9.65. The Kier molecular flexibility index (Phi) is 10.4. The van der Waals surface area contributed by atoms with Crippen molar-refractivity contribution >= 4 is 23.9 Å². The Hall–Kier alpha value is -4.08. The number of rotatable bonds is 10. The summed E-state index contributed by atoms with van der Waals surface area (Å²) in [7, 11) is 1.23. The molecule has 1 fully saturated rings. The average Bonchev–Trinajstić information content (AvgIpc) is 2.84. The van der Waals surface area contributed by atoms with Gasteiger partial charge in [0, 0.05) is 12.5 Å². The molecule has 0 saturated heterocycles. The first-order chi connectivity index (χ1) is 19.3. The second-order valence-corrected chi connectivity index (χ2v) is 11.5. The van der Waals surface area contributed by atoms with Crippen molar-refractivity contribution < 1.29 is 33.8 Å². The number of nitrogens with one attached hydrogen (secondary N) is 2. The molecule has 1 saturated carbocycles. The number of aryl methyl sites for hydroxylation is 2. The molecule has 3 N–H and O–H groups in total. The van der Waals surface area contributed by atoms with Crippen LogP contribution in [0.25, 0.3) is 0 Å². The van der Waals surface area contributed by atoms with E-state index in [2.05, 4.69) is 10.6 Å². The van der Waals surface area contributed by atoms with Crippen LogP contribution in [0.4, 0.5) is 4.79 Å². The van der Waals surface area contributed by atoms with Crippen molar-refractivity contribution in [3.05, 3.63) is 64.7 Å². The van der Waals surface area contributed by atoms with Gasteiger partial charge in [-0.2, -0.15) is 0 Å². The number of alkyl carbamates (subject to hydrolysis) is 1. The molecule has 3 amide bonds. The van der Waals surface area contributed by atoms with Crippen LogP contribution in [0.1, 0.15) is 68.3 Å². The number of nitrogens with zero attached hydrogens (tertiary/aromatic N) is 1. The number of ether oxygens (including phenoxy) is 2. The highest BCUT2D eigenvalue weighted by Crippen LogP contribution is 2.34. The Labute approximate surface area is 241 Å². The first-order valence-electron chi connectivity index (χ1n) is 13.8. The van der Waals surface area contributed by atoms with Crippen LogP contribution in [-0.2, 0) is 30.3 Å². The molecule has 0 aromatic heterocycles. The highest BCUT2D eigenvalue weighted by molar-refractivity contribution is 5.93. The number of aromatic hydroxyl groups is 1. The van der Waals surface area contributed by atoms with Crippen molar-refractivity contribution in [2.24, 2.45) is 0 Å². The van der Waals surface area contributed by atoms with Crippen LogP contribution in [0.3, 0.4) is 0 Å². The number of amides is 3. The number of hydrogen-bond acceptors (Lipinski definition) is 7. The summed E-state index contributed by atoms with van der Waals surface area (Å²) in [5.74, 6) is -1.52. The minimum Gasteiger partial charge on any atom is -0.508 e. The highest BCUT2D eigenvalue weighted by Gasteiger charge is 2.42. The van der Waals surface area contributed by atoms with Gasteiger partial charge in [-0.15, -0.1) is 0 Å². The van der Waals surface area contributed by atoms with Gasteiger partial charge in [-0.3, -0.25) is 14.4 Å². The Balaban J connectivity index is 2.06. The topological polar surface area (TPSA) is 134 Å². The molecule has 1 aliphatic rings. The van der Waals surface area contributed by atoms with E-state index in [1.54, 1.807) is 37.8 Å². The van der Waals surface area contributed by atoms with Crippen LogP contribution in [0, 0.1) is 13.8 Å². The monoisotopic (exact) mass is 567 g/mol. The summed E-state index contributed by atoms with van der Waals surface area (Å²) in [4.78, 5) is 54.5. The largest absolute Gasteiger partial charge is 0.508 e. The lowest BCUT2D eigenvalue weighted by atomic mass is 9.87. The van der Waals surface area contributed by atoms with Crippen LogP contribution in [0.15, 0.2) is 42.5 Å². The van der Waals surface area contributed by atoms with E-state index < -0.39 is 41.6 Å². The lowest BCUT2D eigenvalue weighted by Gasteiger charge is -2.43. The minimum absolute atomic E-state index is 0.0741. The molecule has 41 heavy (non-hydrogen) atoms. The van der Waals surface area contributed by atoms with Gasteiger partial charge in [-0.1, -0.05) is 41.5 Å². The molecule has 2 aromatic rings. The average molecular weight is 568 g/mol. The molecular formula is C31H41N3O7. The van der Waals surface area contributed by atoms with Crippen molar-refractivity contribution in [1.82, 2.24) is 15.5 Å². The molecule has 0 spiro atoms. The predicted molar refractivity (Wildman–Crippen MR) is 153 cm³/mol. The van der Waals surface area contributed by atoms with Gasteiger partial charge < -0.3 is 30.1 Å². The van der Waals surface area contributed by atoms with Crippen LogP contribution < -0.4 is 10.6 Å². The standard InChI is InChI=1S/C31H41N3O7/c1-19-14-20(2)16-22(15-19)27(28(37)32-18-26(36)40-6)34(23-8-7-9-23)29(38)25(33-30(39)41-31(3,4)5)17-21-10-12-24(35)13-11-21/h10-16,23,25,27,35H,7-9,17-18H2,1-6H3,(H,32,37)(H,33,39). The molecule has 0 heterocycles. The fraction of sp³-hybridized carbons (Fsp3) is 0.484. The van der Waals surface area contributed by atoms with E-state index in [-0.39, 0.29) is 24.8 Å². The van der Waals surface area contributed by atoms with Gasteiger partial charge in [0.2, 0.25) is 11.8 Å². The lowest BCUT2D eigenvalue weighted by molar-refractivity contribution is -0.148. The summed E-state index contributed by atoms with van der Waals surface area (Å²) in [6.07, 6.45) is 1.61. The number of carbonyl (C=O) groups is 4. The Morgan fingerprint density at radius 2 is 1.63 bits per heavy atom. The SMILES string of the molecule is COC(=O)CNC(=O)C(c1cc(C)cc(C)c1)N(C(=O)C(Cc1ccc(O)cc1)NC(=O)OC(C)(C)C)C1CCC1. The van der Waals surface area contributed by atoms with Crippen molar-refractivity contribution in [3.8, 4) is 5.75 Å². The van der Waals surface area contributed by atoms with E-state index in [1.807, 2.05) is 32.0 Å². The number of methoxy groups -OCH3 is 1. The van der Waals surface area contributed by atoms with E-state index in [1.165, 1.54) is 19.2 Å². The molecule has 10 heteroatoms.